The molecule has 1 aliphatic rings. The Balaban J connectivity index is 0.00000432. The van der Waals surface area contributed by atoms with Crippen LogP contribution >= 0.6 is 12.4 Å². The van der Waals surface area contributed by atoms with Crippen LogP contribution in [0.3, 0.4) is 0 Å². The van der Waals surface area contributed by atoms with Crippen LogP contribution in [0.2, 0.25) is 0 Å². The molecule has 0 spiro atoms. The second-order valence-electron chi connectivity index (χ2n) is 9.76. The summed E-state index contributed by atoms with van der Waals surface area (Å²) in [4.78, 5) is 14.0. The number of methoxy groups -OCH3 is 1. The standard InChI is InChI=1S/C28H38FNO4.ClH/c1-19(2)27-22(8-7-21-17-23(29)9-12-25(21)27)18-34-26(28(31)32)14-16-30(3)15-13-20-5-10-24(33-4)11-6-20;/h5-6,9-12,17,19,22,26-27H,7-8,13-16,18H2,1-4H3,(H,31,32);1H/t22?,26-,27-;/m1./s1. The van der Waals surface area contributed by atoms with Crippen molar-refractivity contribution in [1.29, 1.82) is 0 Å². The molecule has 194 valence electrons. The molecular formula is C28H39ClFNO4. The van der Waals surface area contributed by atoms with E-state index >= 15 is 0 Å². The summed E-state index contributed by atoms with van der Waals surface area (Å²) in [5.41, 5.74) is 3.47. The van der Waals surface area contributed by atoms with Crippen LogP contribution in [0.15, 0.2) is 42.5 Å². The molecule has 0 bridgehead atoms. The van der Waals surface area contributed by atoms with Gasteiger partial charge in [-0.05, 0) is 91.4 Å². The third kappa shape index (κ3) is 8.19. The van der Waals surface area contributed by atoms with Gasteiger partial charge in [0.1, 0.15) is 11.6 Å². The highest BCUT2D eigenvalue weighted by atomic mass is 35.5. The number of ether oxygens (including phenoxy) is 2. The zero-order valence-electron chi connectivity index (χ0n) is 21.2. The van der Waals surface area contributed by atoms with E-state index in [9.17, 15) is 14.3 Å². The monoisotopic (exact) mass is 507 g/mol. The van der Waals surface area contributed by atoms with Gasteiger partial charge in [-0.25, -0.2) is 9.18 Å². The Morgan fingerprint density at radius 2 is 1.89 bits per heavy atom. The Labute approximate surface area is 215 Å². The Morgan fingerprint density at radius 3 is 2.51 bits per heavy atom. The van der Waals surface area contributed by atoms with Crippen LogP contribution in [0.4, 0.5) is 4.39 Å². The maximum absolute atomic E-state index is 13.7. The number of hydrogen-bond donors (Lipinski definition) is 1. The first-order chi connectivity index (χ1) is 16.3. The minimum absolute atomic E-state index is 0. The second-order valence-corrected chi connectivity index (χ2v) is 9.76. The Kier molecular flexibility index (Phi) is 11.5. The van der Waals surface area contributed by atoms with Crippen LogP contribution < -0.4 is 4.74 Å². The van der Waals surface area contributed by atoms with Gasteiger partial charge in [0.05, 0.1) is 13.7 Å². The van der Waals surface area contributed by atoms with E-state index in [2.05, 4.69) is 30.9 Å². The molecule has 2 aromatic rings. The van der Waals surface area contributed by atoms with Gasteiger partial charge in [0.2, 0.25) is 0 Å². The summed E-state index contributed by atoms with van der Waals surface area (Å²) in [6.45, 7) is 6.23. The first-order valence-electron chi connectivity index (χ1n) is 12.2. The maximum atomic E-state index is 13.7. The Morgan fingerprint density at radius 1 is 1.17 bits per heavy atom. The van der Waals surface area contributed by atoms with Crippen molar-refractivity contribution in [3.8, 4) is 5.75 Å². The number of hydrogen-bond acceptors (Lipinski definition) is 4. The highest BCUT2D eigenvalue weighted by molar-refractivity contribution is 5.85. The molecule has 0 radical (unpaired) electrons. The van der Waals surface area contributed by atoms with Crippen LogP contribution in [0.5, 0.6) is 5.75 Å². The number of benzene rings is 2. The van der Waals surface area contributed by atoms with Gasteiger partial charge >= 0.3 is 5.97 Å². The predicted molar refractivity (Wildman–Crippen MR) is 139 cm³/mol. The lowest BCUT2D eigenvalue weighted by Crippen LogP contribution is -2.34. The van der Waals surface area contributed by atoms with Gasteiger partial charge in [0, 0.05) is 13.1 Å². The number of nitrogens with zero attached hydrogens (tertiary/aromatic N) is 1. The van der Waals surface area contributed by atoms with Gasteiger partial charge in [-0.15, -0.1) is 12.4 Å². The summed E-state index contributed by atoms with van der Waals surface area (Å²) in [7, 11) is 3.66. The summed E-state index contributed by atoms with van der Waals surface area (Å²) in [5.74, 6) is 0.567. The largest absolute Gasteiger partial charge is 0.497 e. The second kappa shape index (κ2) is 13.8. The number of halogens is 2. The maximum Gasteiger partial charge on any atom is 0.332 e. The predicted octanol–water partition coefficient (Wildman–Crippen LogP) is 5.59. The van der Waals surface area contributed by atoms with Gasteiger partial charge in [0.25, 0.3) is 0 Å². The molecule has 0 aromatic heterocycles. The molecule has 1 aliphatic carbocycles. The molecule has 0 fully saturated rings. The molecular weight excluding hydrogens is 469 g/mol. The molecule has 0 saturated heterocycles. The number of rotatable bonds is 12. The van der Waals surface area contributed by atoms with Crippen molar-refractivity contribution in [2.45, 2.75) is 51.6 Å². The van der Waals surface area contributed by atoms with Crippen LogP contribution in [0.1, 0.15) is 49.3 Å². The summed E-state index contributed by atoms with van der Waals surface area (Å²) in [6.07, 6.45) is 2.18. The average Bonchev–Trinajstić information content (AvgIpc) is 2.82. The molecule has 35 heavy (non-hydrogen) atoms. The summed E-state index contributed by atoms with van der Waals surface area (Å²) < 4.78 is 24.9. The van der Waals surface area contributed by atoms with Crippen molar-refractivity contribution < 1.29 is 23.8 Å². The van der Waals surface area contributed by atoms with Gasteiger partial charge in [-0.1, -0.05) is 32.0 Å². The number of carboxylic acids is 1. The first kappa shape index (κ1) is 29.1. The molecule has 1 N–H and O–H groups in total. The van der Waals surface area contributed by atoms with Crippen molar-refractivity contribution in [2.75, 3.05) is 33.9 Å². The fraction of sp³-hybridized carbons (Fsp3) is 0.536. The van der Waals surface area contributed by atoms with E-state index in [0.29, 0.717) is 25.5 Å². The zero-order valence-corrected chi connectivity index (χ0v) is 22.0. The number of aliphatic carboxylic acids is 1. The molecule has 0 heterocycles. The third-order valence-electron chi connectivity index (χ3n) is 6.98. The van der Waals surface area contributed by atoms with E-state index in [4.69, 9.17) is 9.47 Å². The molecule has 5 nitrogen and oxygen atoms in total. The summed E-state index contributed by atoms with van der Waals surface area (Å²) in [6, 6.07) is 13.1. The minimum atomic E-state index is -0.914. The Bertz CT molecular complexity index is 937. The van der Waals surface area contributed by atoms with Crippen LogP contribution in [-0.4, -0.2) is 55.9 Å². The first-order valence-corrected chi connectivity index (χ1v) is 12.2. The normalized spacial score (nSPS) is 18.1. The molecule has 2 aromatic carbocycles. The molecule has 7 heteroatoms. The van der Waals surface area contributed by atoms with Crippen molar-refractivity contribution >= 4 is 18.4 Å². The smallest absolute Gasteiger partial charge is 0.332 e. The third-order valence-corrected chi connectivity index (χ3v) is 6.98. The highest BCUT2D eigenvalue weighted by Crippen LogP contribution is 2.41. The lowest BCUT2D eigenvalue weighted by atomic mass is 9.70. The van der Waals surface area contributed by atoms with E-state index in [-0.39, 0.29) is 30.1 Å². The zero-order chi connectivity index (χ0) is 24.7. The van der Waals surface area contributed by atoms with Crippen molar-refractivity contribution in [3.63, 3.8) is 0 Å². The molecule has 3 atom stereocenters. The van der Waals surface area contributed by atoms with Crippen LogP contribution in [0, 0.1) is 17.7 Å². The minimum Gasteiger partial charge on any atom is -0.497 e. The topological polar surface area (TPSA) is 59.0 Å². The molecule has 3 rings (SSSR count). The molecule has 0 saturated carbocycles. The number of carbonyl (C=O) groups is 1. The lowest BCUT2D eigenvalue weighted by Gasteiger charge is -2.36. The molecule has 0 aliphatic heterocycles. The van der Waals surface area contributed by atoms with Gasteiger partial charge in [-0.3, -0.25) is 0 Å². The van der Waals surface area contributed by atoms with E-state index < -0.39 is 12.1 Å². The van der Waals surface area contributed by atoms with Gasteiger partial charge in [0.15, 0.2) is 6.10 Å². The summed E-state index contributed by atoms with van der Waals surface area (Å²) in [5, 5.41) is 9.74. The lowest BCUT2D eigenvalue weighted by molar-refractivity contribution is -0.152. The van der Waals surface area contributed by atoms with E-state index in [1.807, 2.05) is 25.2 Å². The number of likely N-dealkylation sites (N-methyl/N-ethyl adjacent to an activating group) is 1. The fourth-order valence-corrected chi connectivity index (χ4v) is 5.06. The van der Waals surface area contributed by atoms with Crippen molar-refractivity contribution in [1.82, 2.24) is 4.90 Å². The molecule has 1 unspecified atom stereocenters. The molecule has 0 amide bonds. The SMILES string of the molecule is COc1ccc(CCN(C)CC[C@@H](OCC2CCc3cc(F)ccc3[C@@H]2C(C)C)C(=O)O)cc1.Cl. The fourth-order valence-electron chi connectivity index (χ4n) is 5.06. The van der Waals surface area contributed by atoms with Gasteiger partial charge in [-0.2, -0.15) is 0 Å². The Hall–Kier alpha value is -2.15. The quantitative estimate of drug-likeness (QED) is 0.405. The van der Waals surface area contributed by atoms with Crippen LogP contribution in [0.25, 0.3) is 0 Å². The van der Waals surface area contributed by atoms with E-state index in [1.54, 1.807) is 13.2 Å². The summed E-state index contributed by atoms with van der Waals surface area (Å²) >= 11 is 0. The van der Waals surface area contributed by atoms with E-state index in [0.717, 1.165) is 37.1 Å². The average molecular weight is 508 g/mol. The number of aryl methyl sites for hydroxylation is 1. The number of fused-ring (bicyclic) bond motifs is 1. The van der Waals surface area contributed by atoms with E-state index in [1.165, 1.54) is 17.2 Å². The van der Waals surface area contributed by atoms with Crippen LogP contribution in [-0.2, 0) is 22.4 Å². The van der Waals surface area contributed by atoms with Gasteiger partial charge < -0.3 is 19.5 Å². The number of carboxylic acid groups (broad SMARTS) is 1. The highest BCUT2D eigenvalue weighted by Gasteiger charge is 2.33. The van der Waals surface area contributed by atoms with Crippen molar-refractivity contribution in [3.05, 3.63) is 65.0 Å². The van der Waals surface area contributed by atoms with Crippen molar-refractivity contribution in [2.24, 2.45) is 11.8 Å².